The third-order valence-electron chi connectivity index (χ3n) is 3.30. The predicted molar refractivity (Wildman–Crippen MR) is 90.8 cm³/mol. The molecule has 2 aromatic heterocycles. The van der Waals surface area contributed by atoms with Crippen molar-refractivity contribution in [2.45, 2.75) is 0 Å². The van der Waals surface area contributed by atoms with Crippen molar-refractivity contribution in [2.75, 3.05) is 18.5 Å². The first-order valence-corrected chi connectivity index (χ1v) is 8.81. The van der Waals surface area contributed by atoms with Gasteiger partial charge in [0.05, 0.1) is 0 Å². The number of benzene rings is 1. The molecular formula is C16H12N2O3S2. The van der Waals surface area contributed by atoms with Gasteiger partial charge in [-0.1, -0.05) is 0 Å². The number of thiazole rings is 1. The Kier molecular flexibility index (Phi) is 3.72. The Bertz CT molecular complexity index is 843. The second-order valence-corrected chi connectivity index (χ2v) is 6.50. The third kappa shape index (κ3) is 2.93. The fraction of sp³-hybridized carbons (Fsp3) is 0.125. The summed E-state index contributed by atoms with van der Waals surface area (Å²) in [6.07, 6.45) is 0. The van der Waals surface area contributed by atoms with E-state index >= 15 is 0 Å². The van der Waals surface area contributed by atoms with Crippen molar-refractivity contribution in [1.82, 2.24) is 4.98 Å². The molecule has 0 radical (unpaired) electrons. The number of hydrogen-bond acceptors (Lipinski definition) is 6. The van der Waals surface area contributed by atoms with Crippen molar-refractivity contribution >= 4 is 34.3 Å². The van der Waals surface area contributed by atoms with Crippen LogP contribution >= 0.6 is 22.7 Å². The Labute approximate surface area is 140 Å². The van der Waals surface area contributed by atoms with E-state index in [1.54, 1.807) is 34.9 Å². The average Bonchev–Trinajstić information content (AvgIpc) is 3.26. The molecule has 1 aromatic carbocycles. The van der Waals surface area contributed by atoms with Gasteiger partial charge in [-0.15, -0.1) is 11.3 Å². The van der Waals surface area contributed by atoms with Gasteiger partial charge < -0.3 is 14.8 Å². The van der Waals surface area contributed by atoms with E-state index in [0.29, 0.717) is 36.1 Å². The maximum absolute atomic E-state index is 12.3. The van der Waals surface area contributed by atoms with E-state index in [4.69, 9.17) is 9.47 Å². The SMILES string of the molecule is O=C(Nc1ccc2c(c1)OCCO2)c1csc(-c2ccsc2)n1. The Morgan fingerprint density at radius 2 is 2.00 bits per heavy atom. The van der Waals surface area contributed by atoms with E-state index in [9.17, 15) is 4.79 Å². The Morgan fingerprint density at radius 1 is 1.13 bits per heavy atom. The van der Waals surface area contributed by atoms with Crippen molar-refractivity contribution in [1.29, 1.82) is 0 Å². The van der Waals surface area contributed by atoms with Crippen LogP contribution in [0.1, 0.15) is 10.5 Å². The van der Waals surface area contributed by atoms with Gasteiger partial charge in [-0.2, -0.15) is 11.3 Å². The van der Waals surface area contributed by atoms with Crippen molar-refractivity contribution < 1.29 is 14.3 Å². The van der Waals surface area contributed by atoms with Gasteiger partial charge in [0.25, 0.3) is 5.91 Å². The standard InChI is InChI=1S/C16H12N2O3S2/c19-15(12-9-23-16(18-12)10-3-6-22-8-10)17-11-1-2-13-14(7-11)21-5-4-20-13/h1-3,6-9H,4-5H2,(H,17,19). The molecule has 1 amide bonds. The zero-order chi connectivity index (χ0) is 15.6. The number of fused-ring (bicyclic) bond motifs is 1. The topological polar surface area (TPSA) is 60.5 Å². The van der Waals surface area contributed by atoms with Crippen molar-refractivity contribution in [2.24, 2.45) is 0 Å². The predicted octanol–water partition coefficient (Wildman–Crippen LogP) is 3.90. The molecule has 0 bridgehead atoms. The van der Waals surface area contributed by atoms with E-state index < -0.39 is 0 Å². The molecule has 0 fully saturated rings. The molecule has 5 nitrogen and oxygen atoms in total. The number of rotatable bonds is 3. The van der Waals surface area contributed by atoms with Crippen LogP contribution < -0.4 is 14.8 Å². The molecule has 0 atom stereocenters. The molecule has 3 aromatic rings. The molecule has 116 valence electrons. The highest BCUT2D eigenvalue weighted by Gasteiger charge is 2.15. The first-order valence-electron chi connectivity index (χ1n) is 6.99. The fourth-order valence-electron chi connectivity index (χ4n) is 2.21. The average molecular weight is 344 g/mol. The molecule has 1 aliphatic rings. The van der Waals surface area contributed by atoms with Crippen LogP contribution in [0.4, 0.5) is 5.69 Å². The Morgan fingerprint density at radius 3 is 2.83 bits per heavy atom. The van der Waals surface area contributed by atoms with Crippen LogP contribution in [0, 0.1) is 0 Å². The molecule has 0 saturated heterocycles. The van der Waals surface area contributed by atoms with E-state index in [2.05, 4.69) is 10.3 Å². The number of carbonyl (C=O) groups is 1. The molecule has 23 heavy (non-hydrogen) atoms. The van der Waals surface area contributed by atoms with Gasteiger partial charge in [-0.25, -0.2) is 4.98 Å². The molecule has 0 saturated carbocycles. The van der Waals surface area contributed by atoms with Gasteiger partial charge in [-0.05, 0) is 23.6 Å². The highest BCUT2D eigenvalue weighted by Crippen LogP contribution is 2.33. The first kappa shape index (κ1) is 14.2. The summed E-state index contributed by atoms with van der Waals surface area (Å²) in [6, 6.07) is 7.34. The van der Waals surface area contributed by atoms with E-state index in [1.807, 2.05) is 16.8 Å². The number of anilines is 1. The van der Waals surface area contributed by atoms with Gasteiger partial charge in [0.1, 0.15) is 23.9 Å². The summed E-state index contributed by atoms with van der Waals surface area (Å²) < 4.78 is 11.0. The Hall–Kier alpha value is -2.38. The van der Waals surface area contributed by atoms with Crippen LogP contribution in [-0.4, -0.2) is 24.1 Å². The summed E-state index contributed by atoms with van der Waals surface area (Å²) in [6.45, 7) is 1.06. The van der Waals surface area contributed by atoms with Crippen LogP contribution in [0.25, 0.3) is 10.6 Å². The van der Waals surface area contributed by atoms with Gasteiger partial charge in [-0.3, -0.25) is 4.79 Å². The van der Waals surface area contributed by atoms with Crippen molar-refractivity contribution in [3.05, 3.63) is 46.1 Å². The van der Waals surface area contributed by atoms with Crippen LogP contribution in [0.15, 0.2) is 40.4 Å². The highest BCUT2D eigenvalue weighted by atomic mass is 32.1. The number of aromatic nitrogens is 1. The quantitative estimate of drug-likeness (QED) is 0.783. The largest absolute Gasteiger partial charge is 0.486 e. The van der Waals surface area contributed by atoms with Crippen LogP contribution in [0.5, 0.6) is 11.5 Å². The zero-order valence-electron chi connectivity index (χ0n) is 11.9. The number of nitrogens with zero attached hydrogens (tertiary/aromatic N) is 1. The zero-order valence-corrected chi connectivity index (χ0v) is 13.6. The number of hydrogen-bond donors (Lipinski definition) is 1. The normalized spacial score (nSPS) is 12.9. The molecule has 0 aliphatic carbocycles. The lowest BCUT2D eigenvalue weighted by Crippen LogP contribution is -2.16. The third-order valence-corrected chi connectivity index (χ3v) is 4.88. The van der Waals surface area contributed by atoms with E-state index in [0.717, 1.165) is 10.6 Å². The monoisotopic (exact) mass is 344 g/mol. The minimum absolute atomic E-state index is 0.237. The summed E-state index contributed by atoms with van der Waals surface area (Å²) >= 11 is 3.07. The highest BCUT2D eigenvalue weighted by molar-refractivity contribution is 7.14. The maximum atomic E-state index is 12.3. The van der Waals surface area contributed by atoms with Crippen molar-refractivity contribution in [3.63, 3.8) is 0 Å². The number of carbonyl (C=O) groups excluding carboxylic acids is 1. The van der Waals surface area contributed by atoms with E-state index in [1.165, 1.54) is 11.3 Å². The summed E-state index contributed by atoms with van der Waals surface area (Å²) in [5.41, 5.74) is 2.11. The van der Waals surface area contributed by atoms with Crippen molar-refractivity contribution in [3.8, 4) is 22.1 Å². The summed E-state index contributed by atoms with van der Waals surface area (Å²) in [5.74, 6) is 1.10. The second kappa shape index (κ2) is 6.02. The lowest BCUT2D eigenvalue weighted by molar-refractivity contribution is 0.102. The number of ether oxygens (including phenoxy) is 2. The number of nitrogens with one attached hydrogen (secondary N) is 1. The summed E-state index contributed by atoms with van der Waals surface area (Å²) in [4.78, 5) is 16.7. The van der Waals surface area contributed by atoms with Crippen LogP contribution in [0.2, 0.25) is 0 Å². The van der Waals surface area contributed by atoms with Gasteiger partial charge in [0, 0.05) is 28.1 Å². The van der Waals surface area contributed by atoms with Crippen LogP contribution in [-0.2, 0) is 0 Å². The molecule has 7 heteroatoms. The fourth-order valence-corrected chi connectivity index (χ4v) is 3.73. The lowest BCUT2D eigenvalue weighted by Gasteiger charge is -2.18. The number of thiophene rings is 1. The molecule has 3 heterocycles. The Balaban J connectivity index is 1.52. The van der Waals surface area contributed by atoms with Crippen LogP contribution in [0.3, 0.4) is 0 Å². The van der Waals surface area contributed by atoms with Gasteiger partial charge in [0.2, 0.25) is 0 Å². The number of amides is 1. The molecule has 4 rings (SSSR count). The minimum atomic E-state index is -0.237. The van der Waals surface area contributed by atoms with Gasteiger partial charge in [0.15, 0.2) is 11.5 Å². The minimum Gasteiger partial charge on any atom is -0.486 e. The van der Waals surface area contributed by atoms with E-state index in [-0.39, 0.29) is 5.91 Å². The maximum Gasteiger partial charge on any atom is 0.275 e. The molecule has 1 aliphatic heterocycles. The summed E-state index contributed by atoms with van der Waals surface area (Å²) in [7, 11) is 0. The van der Waals surface area contributed by atoms with Gasteiger partial charge >= 0.3 is 0 Å². The molecule has 1 N–H and O–H groups in total. The smallest absolute Gasteiger partial charge is 0.275 e. The lowest BCUT2D eigenvalue weighted by atomic mass is 10.2. The second-order valence-electron chi connectivity index (χ2n) is 4.86. The first-order chi connectivity index (χ1) is 11.3. The molecule has 0 spiro atoms. The summed E-state index contributed by atoms with van der Waals surface area (Å²) in [5, 5.41) is 9.46. The molecule has 0 unspecified atom stereocenters. The molecular weight excluding hydrogens is 332 g/mol.